The van der Waals surface area contributed by atoms with E-state index >= 15 is 0 Å². The van der Waals surface area contributed by atoms with Crippen LogP contribution in [0.5, 0.6) is 0 Å². The van der Waals surface area contributed by atoms with Crippen molar-refractivity contribution in [2.45, 2.75) is 44.2 Å². The second-order valence-electron chi connectivity index (χ2n) is 5.89. The van der Waals surface area contributed by atoms with E-state index in [4.69, 9.17) is 11.6 Å². The van der Waals surface area contributed by atoms with Crippen LogP contribution in [0.15, 0.2) is 24.3 Å². The Bertz CT molecular complexity index is 540. The molecule has 0 spiro atoms. The Morgan fingerprint density at radius 2 is 1.95 bits per heavy atom. The van der Waals surface area contributed by atoms with Crippen molar-refractivity contribution in [2.24, 2.45) is 5.92 Å². The van der Waals surface area contributed by atoms with Crippen LogP contribution in [0.2, 0.25) is 5.02 Å². The maximum absolute atomic E-state index is 12.3. The van der Waals surface area contributed by atoms with Crippen LogP contribution < -0.4 is 10.6 Å². The zero-order valence-electron chi connectivity index (χ0n) is 11.8. The van der Waals surface area contributed by atoms with E-state index in [0.29, 0.717) is 23.8 Å². The summed E-state index contributed by atoms with van der Waals surface area (Å²) in [4.78, 5) is 23.6. The van der Waals surface area contributed by atoms with Crippen molar-refractivity contribution in [2.75, 3.05) is 0 Å². The largest absolute Gasteiger partial charge is 0.347 e. The molecule has 2 fully saturated rings. The average Bonchev–Trinajstić information content (AvgIpc) is 2.83. The Morgan fingerprint density at radius 3 is 2.48 bits per heavy atom. The topological polar surface area (TPSA) is 58.2 Å². The maximum atomic E-state index is 12.3. The highest BCUT2D eigenvalue weighted by molar-refractivity contribution is 6.30. The molecule has 0 bridgehead atoms. The molecule has 1 saturated carbocycles. The first-order chi connectivity index (χ1) is 10.1. The van der Waals surface area contributed by atoms with Crippen molar-refractivity contribution >= 4 is 23.4 Å². The molecule has 5 heteroatoms. The zero-order valence-corrected chi connectivity index (χ0v) is 12.5. The molecule has 3 rings (SSSR count). The van der Waals surface area contributed by atoms with Gasteiger partial charge in [0.25, 0.3) is 0 Å². The lowest BCUT2D eigenvalue weighted by molar-refractivity contribution is -0.126. The van der Waals surface area contributed by atoms with Gasteiger partial charge in [-0.1, -0.05) is 30.2 Å². The maximum Gasteiger partial charge on any atom is 0.243 e. The summed E-state index contributed by atoms with van der Waals surface area (Å²) in [6.45, 7) is 0. The Hall–Kier alpha value is -1.55. The summed E-state index contributed by atoms with van der Waals surface area (Å²) in [6.07, 6.45) is 4.50. The highest BCUT2D eigenvalue weighted by atomic mass is 35.5. The van der Waals surface area contributed by atoms with Gasteiger partial charge in [-0.05, 0) is 42.9 Å². The third-order valence-corrected chi connectivity index (χ3v) is 4.71. The molecule has 4 nitrogen and oxygen atoms in total. The minimum Gasteiger partial charge on any atom is -0.347 e. The molecule has 1 aliphatic carbocycles. The fraction of sp³-hybridized carbons (Fsp3) is 0.500. The van der Waals surface area contributed by atoms with E-state index in [1.165, 1.54) is 6.42 Å². The van der Waals surface area contributed by atoms with Crippen molar-refractivity contribution in [3.8, 4) is 0 Å². The normalized spacial score (nSPS) is 23.3. The van der Waals surface area contributed by atoms with Gasteiger partial charge in [-0.25, -0.2) is 0 Å². The first-order valence-corrected chi connectivity index (χ1v) is 7.86. The predicted octanol–water partition coefficient (Wildman–Crippen LogP) is 2.58. The number of benzene rings is 1. The number of carbonyl (C=O) groups excluding carboxylic acids is 2. The van der Waals surface area contributed by atoms with E-state index in [0.717, 1.165) is 18.4 Å². The summed E-state index contributed by atoms with van der Waals surface area (Å²) in [7, 11) is 0. The van der Waals surface area contributed by atoms with Gasteiger partial charge in [0.15, 0.2) is 0 Å². The molecule has 1 heterocycles. The van der Waals surface area contributed by atoms with Gasteiger partial charge in [0.1, 0.15) is 6.04 Å². The van der Waals surface area contributed by atoms with Gasteiger partial charge in [0.2, 0.25) is 11.8 Å². The van der Waals surface area contributed by atoms with Gasteiger partial charge < -0.3 is 10.6 Å². The van der Waals surface area contributed by atoms with Crippen molar-refractivity contribution in [3.05, 3.63) is 34.9 Å². The fourth-order valence-corrected chi connectivity index (χ4v) is 3.11. The molecule has 1 saturated heterocycles. The van der Waals surface area contributed by atoms with E-state index < -0.39 is 0 Å². The van der Waals surface area contributed by atoms with E-state index in [-0.39, 0.29) is 23.9 Å². The predicted molar refractivity (Wildman–Crippen MR) is 80.8 cm³/mol. The average molecular weight is 307 g/mol. The van der Waals surface area contributed by atoms with Crippen molar-refractivity contribution in [1.29, 1.82) is 0 Å². The molecule has 112 valence electrons. The Kier molecular flexibility index (Phi) is 4.15. The third-order valence-electron chi connectivity index (χ3n) is 4.46. The standard InChI is InChI=1S/C16H19ClN2O2/c17-12-6-4-11(5-7-12)15(10-2-1-3-10)19-16(21)13-8-9-14(20)18-13/h4-7,10,13,15H,1-3,8-9H2,(H,18,20)(H,19,21)/t13-,15-/m1/s1. The zero-order chi connectivity index (χ0) is 14.8. The lowest BCUT2D eigenvalue weighted by atomic mass is 9.77. The van der Waals surface area contributed by atoms with Gasteiger partial charge in [-0.2, -0.15) is 0 Å². The molecule has 1 aromatic rings. The number of hydrogen-bond acceptors (Lipinski definition) is 2. The van der Waals surface area contributed by atoms with Gasteiger partial charge >= 0.3 is 0 Å². The van der Waals surface area contributed by atoms with Crippen LogP contribution >= 0.6 is 11.6 Å². The molecule has 21 heavy (non-hydrogen) atoms. The van der Waals surface area contributed by atoms with E-state index in [9.17, 15) is 9.59 Å². The smallest absolute Gasteiger partial charge is 0.243 e. The first kappa shape index (κ1) is 14.4. The lowest BCUT2D eigenvalue weighted by Crippen LogP contribution is -2.45. The number of carbonyl (C=O) groups is 2. The van der Waals surface area contributed by atoms with Gasteiger partial charge in [-0.15, -0.1) is 0 Å². The fourth-order valence-electron chi connectivity index (χ4n) is 2.98. The second kappa shape index (κ2) is 6.06. The number of nitrogens with one attached hydrogen (secondary N) is 2. The number of rotatable bonds is 4. The molecule has 2 N–H and O–H groups in total. The number of halogens is 1. The molecule has 0 radical (unpaired) electrons. The van der Waals surface area contributed by atoms with Crippen LogP contribution in [0, 0.1) is 5.92 Å². The summed E-state index contributed by atoms with van der Waals surface area (Å²) in [6, 6.07) is 7.28. The van der Waals surface area contributed by atoms with Gasteiger partial charge in [0.05, 0.1) is 6.04 Å². The molecule has 0 unspecified atom stereocenters. The summed E-state index contributed by atoms with van der Waals surface area (Å²) in [5.74, 6) is 0.363. The molecular formula is C16H19ClN2O2. The van der Waals surface area contributed by atoms with E-state index in [1.807, 2.05) is 24.3 Å². The van der Waals surface area contributed by atoms with Crippen LogP contribution in [-0.4, -0.2) is 17.9 Å². The van der Waals surface area contributed by atoms with E-state index in [1.54, 1.807) is 0 Å². The third kappa shape index (κ3) is 3.21. The highest BCUT2D eigenvalue weighted by Crippen LogP contribution is 2.38. The quantitative estimate of drug-likeness (QED) is 0.898. The molecule has 2 aliphatic rings. The minimum atomic E-state index is -0.382. The van der Waals surface area contributed by atoms with Gasteiger partial charge in [-0.3, -0.25) is 9.59 Å². The summed E-state index contributed by atoms with van der Waals surface area (Å²) in [5.41, 5.74) is 1.08. The van der Waals surface area contributed by atoms with Crippen molar-refractivity contribution in [1.82, 2.24) is 10.6 Å². The molecule has 2 atom stereocenters. The minimum absolute atomic E-state index is 0.0148. The Morgan fingerprint density at radius 1 is 1.24 bits per heavy atom. The number of amides is 2. The summed E-state index contributed by atoms with van der Waals surface area (Å²) in [5, 5.41) is 6.54. The SMILES string of the molecule is O=C1CC[C@H](C(=O)N[C@@H](c2ccc(Cl)cc2)C2CCC2)N1. The molecule has 2 amide bonds. The van der Waals surface area contributed by atoms with Crippen LogP contribution in [0.25, 0.3) is 0 Å². The Balaban J connectivity index is 1.72. The van der Waals surface area contributed by atoms with Crippen LogP contribution in [-0.2, 0) is 9.59 Å². The molecular weight excluding hydrogens is 288 g/mol. The highest BCUT2D eigenvalue weighted by Gasteiger charge is 2.33. The number of hydrogen-bond donors (Lipinski definition) is 2. The van der Waals surface area contributed by atoms with E-state index in [2.05, 4.69) is 10.6 Å². The monoisotopic (exact) mass is 306 g/mol. The summed E-state index contributed by atoms with van der Waals surface area (Å²) < 4.78 is 0. The first-order valence-electron chi connectivity index (χ1n) is 7.48. The second-order valence-corrected chi connectivity index (χ2v) is 6.32. The van der Waals surface area contributed by atoms with Crippen LogP contribution in [0.3, 0.4) is 0 Å². The van der Waals surface area contributed by atoms with Crippen molar-refractivity contribution < 1.29 is 9.59 Å². The van der Waals surface area contributed by atoms with Crippen LogP contribution in [0.4, 0.5) is 0 Å². The van der Waals surface area contributed by atoms with Crippen LogP contribution in [0.1, 0.15) is 43.7 Å². The molecule has 1 aliphatic heterocycles. The molecule has 1 aromatic carbocycles. The summed E-state index contributed by atoms with van der Waals surface area (Å²) >= 11 is 5.93. The Labute approximate surface area is 129 Å². The molecule has 0 aromatic heterocycles. The lowest BCUT2D eigenvalue weighted by Gasteiger charge is -2.35. The van der Waals surface area contributed by atoms with Crippen molar-refractivity contribution in [3.63, 3.8) is 0 Å². The van der Waals surface area contributed by atoms with Gasteiger partial charge in [0, 0.05) is 11.4 Å².